The number of hydrogen-bond donors (Lipinski definition) is 1. The summed E-state index contributed by atoms with van der Waals surface area (Å²) in [6.45, 7) is 1.81. The molecule has 0 saturated heterocycles. The highest BCUT2D eigenvalue weighted by Gasteiger charge is 2.04. The van der Waals surface area contributed by atoms with E-state index < -0.39 is 0 Å². The first-order valence-corrected chi connectivity index (χ1v) is 9.04. The fraction of sp³-hybridized carbons (Fsp3) is 0.217. The molecular formula is C23H24FNO2. The summed E-state index contributed by atoms with van der Waals surface area (Å²) in [4.78, 5) is 0. The molecule has 0 radical (unpaired) electrons. The minimum atomic E-state index is -0.244. The van der Waals surface area contributed by atoms with E-state index in [2.05, 4.69) is 11.4 Å². The Morgan fingerprint density at radius 3 is 2.48 bits per heavy atom. The Hall–Kier alpha value is -2.85. The Bertz CT molecular complexity index is 866. The van der Waals surface area contributed by atoms with Crippen LogP contribution in [0.3, 0.4) is 0 Å². The molecule has 0 saturated carbocycles. The standard InChI is InChI=1S/C23H24FNO2/c1-26-23-12-5-3-8-19(23)13-14-25-16-18-7-6-10-21(15-18)27-17-20-9-2-4-11-22(20)24/h2-12,15,25H,13-14,16-17H2,1H3. The second-order valence-electron chi connectivity index (χ2n) is 6.27. The van der Waals surface area contributed by atoms with Gasteiger partial charge in [0, 0.05) is 12.1 Å². The highest BCUT2D eigenvalue weighted by molar-refractivity contribution is 5.33. The maximum Gasteiger partial charge on any atom is 0.129 e. The van der Waals surface area contributed by atoms with E-state index in [4.69, 9.17) is 9.47 Å². The van der Waals surface area contributed by atoms with Gasteiger partial charge in [-0.05, 0) is 48.4 Å². The molecule has 27 heavy (non-hydrogen) atoms. The summed E-state index contributed by atoms with van der Waals surface area (Å²) < 4.78 is 24.8. The molecule has 3 nitrogen and oxygen atoms in total. The van der Waals surface area contributed by atoms with E-state index in [0.717, 1.165) is 36.6 Å². The molecule has 0 atom stereocenters. The molecule has 0 amide bonds. The van der Waals surface area contributed by atoms with Gasteiger partial charge in [-0.25, -0.2) is 4.39 Å². The van der Waals surface area contributed by atoms with Gasteiger partial charge in [-0.15, -0.1) is 0 Å². The van der Waals surface area contributed by atoms with Gasteiger partial charge in [0.15, 0.2) is 0 Å². The van der Waals surface area contributed by atoms with E-state index in [0.29, 0.717) is 5.56 Å². The molecule has 3 rings (SSSR count). The van der Waals surface area contributed by atoms with Crippen LogP contribution in [0.25, 0.3) is 0 Å². The highest BCUT2D eigenvalue weighted by atomic mass is 19.1. The van der Waals surface area contributed by atoms with Crippen molar-refractivity contribution in [2.24, 2.45) is 0 Å². The molecule has 3 aromatic rings. The summed E-state index contributed by atoms with van der Waals surface area (Å²) in [5, 5.41) is 3.44. The first kappa shape index (κ1) is 18.9. The van der Waals surface area contributed by atoms with Gasteiger partial charge < -0.3 is 14.8 Å². The van der Waals surface area contributed by atoms with Crippen LogP contribution in [-0.2, 0) is 19.6 Å². The fourth-order valence-corrected chi connectivity index (χ4v) is 2.89. The molecule has 0 aliphatic carbocycles. The molecule has 0 bridgehead atoms. The van der Waals surface area contributed by atoms with Crippen molar-refractivity contribution < 1.29 is 13.9 Å². The van der Waals surface area contributed by atoms with Crippen molar-refractivity contribution >= 4 is 0 Å². The molecule has 3 aromatic carbocycles. The third kappa shape index (κ3) is 5.56. The Labute approximate surface area is 159 Å². The van der Waals surface area contributed by atoms with Gasteiger partial charge >= 0.3 is 0 Å². The van der Waals surface area contributed by atoms with Gasteiger partial charge in [0.05, 0.1) is 7.11 Å². The van der Waals surface area contributed by atoms with Crippen LogP contribution in [-0.4, -0.2) is 13.7 Å². The molecule has 140 valence electrons. The number of methoxy groups -OCH3 is 1. The maximum atomic E-state index is 13.7. The van der Waals surface area contributed by atoms with Crippen LogP contribution >= 0.6 is 0 Å². The summed E-state index contributed by atoms with van der Waals surface area (Å²) in [7, 11) is 1.69. The largest absolute Gasteiger partial charge is 0.496 e. The lowest BCUT2D eigenvalue weighted by Gasteiger charge is -2.11. The highest BCUT2D eigenvalue weighted by Crippen LogP contribution is 2.18. The second-order valence-corrected chi connectivity index (χ2v) is 6.27. The number of halogens is 1. The van der Waals surface area contributed by atoms with Crippen molar-refractivity contribution in [3.63, 3.8) is 0 Å². The summed E-state index contributed by atoms with van der Waals surface area (Å²) >= 11 is 0. The molecule has 1 N–H and O–H groups in total. The molecule has 0 aliphatic rings. The number of ether oxygens (including phenoxy) is 2. The summed E-state index contributed by atoms with van der Waals surface area (Å²) in [5.74, 6) is 1.41. The van der Waals surface area contributed by atoms with Crippen molar-refractivity contribution in [3.05, 3.63) is 95.3 Å². The number of para-hydroxylation sites is 1. The molecule has 0 aliphatic heterocycles. The van der Waals surface area contributed by atoms with E-state index >= 15 is 0 Å². The van der Waals surface area contributed by atoms with Crippen LogP contribution in [0.4, 0.5) is 4.39 Å². The number of benzene rings is 3. The van der Waals surface area contributed by atoms with E-state index in [1.807, 2.05) is 48.5 Å². The first-order valence-electron chi connectivity index (χ1n) is 9.04. The first-order chi connectivity index (χ1) is 13.3. The average molecular weight is 365 g/mol. The van der Waals surface area contributed by atoms with Crippen LogP contribution in [0, 0.1) is 5.82 Å². The second kappa shape index (κ2) is 9.74. The SMILES string of the molecule is COc1ccccc1CCNCc1cccc(OCc2ccccc2F)c1. The fourth-order valence-electron chi connectivity index (χ4n) is 2.89. The number of rotatable bonds is 9. The minimum Gasteiger partial charge on any atom is -0.496 e. The number of nitrogens with one attached hydrogen (secondary N) is 1. The van der Waals surface area contributed by atoms with Gasteiger partial charge in [0.1, 0.15) is 23.9 Å². The van der Waals surface area contributed by atoms with E-state index in [-0.39, 0.29) is 12.4 Å². The van der Waals surface area contributed by atoms with Crippen LogP contribution < -0.4 is 14.8 Å². The third-order valence-electron chi connectivity index (χ3n) is 4.34. The summed E-state index contributed by atoms with van der Waals surface area (Å²) in [6.07, 6.45) is 0.896. The maximum absolute atomic E-state index is 13.7. The summed E-state index contributed by atoms with van der Waals surface area (Å²) in [5.41, 5.74) is 2.87. The quantitative estimate of drug-likeness (QED) is 0.555. The van der Waals surface area contributed by atoms with Crippen molar-refractivity contribution in [1.29, 1.82) is 0 Å². The third-order valence-corrected chi connectivity index (χ3v) is 4.34. The lowest BCUT2D eigenvalue weighted by Crippen LogP contribution is -2.17. The topological polar surface area (TPSA) is 30.5 Å². The van der Waals surface area contributed by atoms with Gasteiger partial charge in [-0.2, -0.15) is 0 Å². The molecule has 0 heterocycles. The predicted molar refractivity (Wildman–Crippen MR) is 106 cm³/mol. The molecule has 0 aromatic heterocycles. The zero-order chi connectivity index (χ0) is 18.9. The van der Waals surface area contributed by atoms with Crippen LogP contribution in [0.1, 0.15) is 16.7 Å². The molecule has 0 unspecified atom stereocenters. The zero-order valence-corrected chi connectivity index (χ0v) is 15.5. The molecular weight excluding hydrogens is 341 g/mol. The predicted octanol–water partition coefficient (Wildman–Crippen LogP) is 4.75. The smallest absolute Gasteiger partial charge is 0.129 e. The lowest BCUT2D eigenvalue weighted by molar-refractivity contribution is 0.299. The average Bonchev–Trinajstić information content (AvgIpc) is 2.71. The summed E-state index contributed by atoms with van der Waals surface area (Å²) in [6, 6.07) is 22.6. The van der Waals surface area contributed by atoms with Gasteiger partial charge in [0.25, 0.3) is 0 Å². The molecule has 4 heteroatoms. The van der Waals surface area contributed by atoms with Crippen molar-refractivity contribution in [2.45, 2.75) is 19.6 Å². The normalized spacial score (nSPS) is 10.6. The van der Waals surface area contributed by atoms with E-state index in [1.165, 1.54) is 11.6 Å². The molecule has 0 spiro atoms. The van der Waals surface area contributed by atoms with Crippen LogP contribution in [0.5, 0.6) is 11.5 Å². The Kier molecular flexibility index (Phi) is 6.83. The minimum absolute atomic E-state index is 0.220. The molecule has 0 fully saturated rings. The van der Waals surface area contributed by atoms with Gasteiger partial charge in [0.2, 0.25) is 0 Å². The van der Waals surface area contributed by atoms with Crippen LogP contribution in [0.15, 0.2) is 72.8 Å². The Morgan fingerprint density at radius 1 is 0.889 bits per heavy atom. The van der Waals surface area contributed by atoms with E-state index in [1.54, 1.807) is 19.2 Å². The monoisotopic (exact) mass is 365 g/mol. The van der Waals surface area contributed by atoms with Crippen molar-refractivity contribution in [2.75, 3.05) is 13.7 Å². The van der Waals surface area contributed by atoms with Crippen molar-refractivity contribution in [1.82, 2.24) is 5.32 Å². The zero-order valence-electron chi connectivity index (χ0n) is 15.5. The van der Waals surface area contributed by atoms with Gasteiger partial charge in [-0.3, -0.25) is 0 Å². The van der Waals surface area contributed by atoms with E-state index in [9.17, 15) is 4.39 Å². The van der Waals surface area contributed by atoms with Crippen molar-refractivity contribution in [3.8, 4) is 11.5 Å². The Balaban J connectivity index is 1.48. The Morgan fingerprint density at radius 2 is 1.67 bits per heavy atom. The lowest BCUT2D eigenvalue weighted by atomic mass is 10.1. The van der Waals surface area contributed by atoms with Crippen LogP contribution in [0.2, 0.25) is 0 Å². The van der Waals surface area contributed by atoms with Gasteiger partial charge in [-0.1, -0.05) is 48.5 Å². The number of hydrogen-bond acceptors (Lipinski definition) is 3.